The number of nitrogens with zero attached hydrogens (tertiary/aromatic N) is 4. The quantitative estimate of drug-likeness (QED) is 0.378. The van der Waals surface area contributed by atoms with E-state index in [1.807, 2.05) is 6.07 Å². The Morgan fingerprint density at radius 3 is 2.62 bits per heavy atom. The Kier molecular flexibility index (Phi) is 6.56. The first-order chi connectivity index (χ1) is 17.8. The maximum absolute atomic E-state index is 13.7. The first-order valence-corrected chi connectivity index (χ1v) is 11.7. The maximum Gasteiger partial charge on any atom is 0.280 e. The van der Waals surface area contributed by atoms with Gasteiger partial charge in [0.2, 0.25) is 5.95 Å². The van der Waals surface area contributed by atoms with E-state index in [-0.39, 0.29) is 34.5 Å². The van der Waals surface area contributed by atoms with Crippen LogP contribution in [0, 0.1) is 12.7 Å². The molecule has 10 heteroatoms. The van der Waals surface area contributed by atoms with Crippen LogP contribution in [0.15, 0.2) is 54.9 Å². The summed E-state index contributed by atoms with van der Waals surface area (Å²) in [7, 11) is 0. The highest BCUT2D eigenvalue weighted by atomic mass is 19.3. The average Bonchev–Trinajstić information content (AvgIpc) is 2.88. The van der Waals surface area contributed by atoms with Gasteiger partial charge >= 0.3 is 0 Å². The molecule has 1 aliphatic carbocycles. The Morgan fingerprint density at radius 1 is 1.08 bits per heavy atom. The zero-order chi connectivity index (χ0) is 26.1. The number of alkyl halides is 2. The summed E-state index contributed by atoms with van der Waals surface area (Å²) in [5, 5.41) is 3.02. The SMILES string of the molecule is Cc1cc(-c2c(C(=O)NC3CCCc4ccncc43)nc(N)nc2-c2ccc(F)cc2)cc(C(F)F)n1. The number of nitrogens with two attached hydrogens (primary N) is 1. The molecule has 0 fully saturated rings. The third-order valence-electron chi connectivity index (χ3n) is 6.31. The van der Waals surface area contributed by atoms with Crippen LogP contribution in [0.2, 0.25) is 0 Å². The summed E-state index contributed by atoms with van der Waals surface area (Å²) in [6, 6.07) is 9.84. The normalized spacial score (nSPS) is 14.9. The molecular weight excluding hydrogens is 481 g/mol. The standard InChI is InChI=1S/C27H23F3N6O/c1-14-11-17(12-21(33-14)25(29)30)22-23(16-5-7-18(28)8-6-16)35-27(31)36-24(22)26(37)34-20-4-2-3-15-9-10-32-13-19(15)20/h5-13,20,25H,2-4H2,1H3,(H,34,37)(H2,31,35,36). The number of benzene rings is 1. The Balaban J connectivity index is 1.67. The monoisotopic (exact) mass is 504 g/mol. The van der Waals surface area contributed by atoms with Gasteiger partial charge in [0, 0.05) is 29.2 Å². The summed E-state index contributed by atoms with van der Waals surface area (Å²) in [6.07, 6.45) is 3.09. The molecule has 0 radical (unpaired) electrons. The lowest BCUT2D eigenvalue weighted by Crippen LogP contribution is -2.32. The van der Waals surface area contributed by atoms with Crippen LogP contribution in [0.1, 0.15) is 58.3 Å². The van der Waals surface area contributed by atoms with E-state index in [0.29, 0.717) is 17.7 Å². The molecule has 0 spiro atoms. The molecule has 1 aliphatic rings. The lowest BCUT2D eigenvalue weighted by molar-refractivity contribution is 0.0928. The Morgan fingerprint density at radius 2 is 1.86 bits per heavy atom. The van der Waals surface area contributed by atoms with Crippen molar-refractivity contribution >= 4 is 11.9 Å². The number of pyridine rings is 2. The lowest BCUT2D eigenvalue weighted by atomic mass is 9.89. The van der Waals surface area contributed by atoms with Crippen LogP contribution in [-0.2, 0) is 6.42 Å². The first-order valence-electron chi connectivity index (χ1n) is 11.7. The minimum Gasteiger partial charge on any atom is -0.368 e. The van der Waals surface area contributed by atoms with Crippen molar-refractivity contribution in [2.24, 2.45) is 0 Å². The number of nitrogen functional groups attached to an aromatic ring is 1. The largest absolute Gasteiger partial charge is 0.368 e. The van der Waals surface area contributed by atoms with Crippen LogP contribution >= 0.6 is 0 Å². The van der Waals surface area contributed by atoms with E-state index < -0.39 is 23.8 Å². The molecule has 3 heterocycles. The number of carbonyl (C=O) groups is 1. The van der Waals surface area contributed by atoms with Gasteiger partial charge < -0.3 is 11.1 Å². The van der Waals surface area contributed by atoms with Crippen molar-refractivity contribution in [1.29, 1.82) is 0 Å². The van der Waals surface area contributed by atoms with Gasteiger partial charge in [0.25, 0.3) is 12.3 Å². The molecule has 0 saturated carbocycles. The van der Waals surface area contributed by atoms with E-state index in [1.54, 1.807) is 25.4 Å². The fraction of sp³-hybridized carbons (Fsp3) is 0.222. The van der Waals surface area contributed by atoms with Gasteiger partial charge in [-0.1, -0.05) is 0 Å². The number of rotatable bonds is 5. The molecular formula is C27H23F3N6O. The summed E-state index contributed by atoms with van der Waals surface area (Å²) in [5.41, 5.74) is 8.98. The minimum absolute atomic E-state index is 0.0753. The number of anilines is 1. The van der Waals surface area contributed by atoms with Crippen LogP contribution in [0.5, 0.6) is 0 Å². The highest BCUT2D eigenvalue weighted by Gasteiger charge is 2.28. The van der Waals surface area contributed by atoms with Gasteiger partial charge in [0.15, 0.2) is 0 Å². The number of hydrogen-bond donors (Lipinski definition) is 2. The van der Waals surface area contributed by atoms with Crippen LogP contribution < -0.4 is 11.1 Å². The second kappa shape index (κ2) is 9.96. The third kappa shape index (κ3) is 5.00. The molecule has 0 saturated heterocycles. The smallest absolute Gasteiger partial charge is 0.280 e. The van der Waals surface area contributed by atoms with Crippen molar-refractivity contribution in [3.05, 3.63) is 88.9 Å². The fourth-order valence-corrected chi connectivity index (χ4v) is 4.69. The average molecular weight is 505 g/mol. The number of amides is 1. The minimum atomic E-state index is -2.83. The molecule has 3 N–H and O–H groups in total. The molecule has 1 aromatic carbocycles. The first kappa shape index (κ1) is 24.4. The zero-order valence-corrected chi connectivity index (χ0v) is 19.9. The van der Waals surface area contributed by atoms with E-state index in [4.69, 9.17) is 5.73 Å². The number of nitrogens with one attached hydrogen (secondary N) is 1. The molecule has 4 aromatic rings. The molecule has 1 atom stereocenters. The second-order valence-corrected chi connectivity index (χ2v) is 8.88. The summed E-state index contributed by atoms with van der Waals surface area (Å²) in [6.45, 7) is 1.58. The van der Waals surface area contributed by atoms with E-state index in [9.17, 15) is 18.0 Å². The van der Waals surface area contributed by atoms with E-state index in [2.05, 4.69) is 25.3 Å². The van der Waals surface area contributed by atoms with Gasteiger partial charge in [-0.3, -0.25) is 14.8 Å². The summed E-state index contributed by atoms with van der Waals surface area (Å²) in [4.78, 5) is 30.4. The van der Waals surface area contributed by atoms with Gasteiger partial charge in [0.05, 0.1) is 11.7 Å². The highest BCUT2D eigenvalue weighted by Crippen LogP contribution is 2.36. The maximum atomic E-state index is 13.7. The Bertz CT molecular complexity index is 1480. The van der Waals surface area contributed by atoms with Crippen molar-refractivity contribution in [1.82, 2.24) is 25.3 Å². The fourth-order valence-electron chi connectivity index (χ4n) is 4.69. The summed E-state index contributed by atoms with van der Waals surface area (Å²) < 4.78 is 41.0. The molecule has 0 aliphatic heterocycles. The van der Waals surface area contributed by atoms with Gasteiger partial charge in [-0.2, -0.15) is 0 Å². The molecule has 7 nitrogen and oxygen atoms in total. The molecule has 1 amide bonds. The second-order valence-electron chi connectivity index (χ2n) is 8.88. The number of aromatic nitrogens is 4. The molecule has 37 heavy (non-hydrogen) atoms. The van der Waals surface area contributed by atoms with Gasteiger partial charge in [0.1, 0.15) is 17.2 Å². The van der Waals surface area contributed by atoms with E-state index in [0.717, 1.165) is 24.0 Å². The number of halogens is 3. The summed E-state index contributed by atoms with van der Waals surface area (Å²) in [5.74, 6) is -1.18. The van der Waals surface area contributed by atoms with Crippen LogP contribution in [0.25, 0.3) is 22.4 Å². The van der Waals surface area contributed by atoms with Gasteiger partial charge in [-0.05, 0) is 85.3 Å². The molecule has 1 unspecified atom stereocenters. The molecule has 5 rings (SSSR count). The molecule has 3 aromatic heterocycles. The van der Waals surface area contributed by atoms with Gasteiger partial charge in [-0.25, -0.2) is 23.1 Å². The predicted molar refractivity (Wildman–Crippen MR) is 132 cm³/mol. The van der Waals surface area contributed by atoms with Crippen LogP contribution in [0.4, 0.5) is 19.1 Å². The zero-order valence-electron chi connectivity index (χ0n) is 19.9. The topological polar surface area (TPSA) is 107 Å². The summed E-state index contributed by atoms with van der Waals surface area (Å²) >= 11 is 0. The molecule has 188 valence electrons. The number of fused-ring (bicyclic) bond motifs is 1. The van der Waals surface area contributed by atoms with Crippen molar-refractivity contribution in [2.75, 3.05) is 5.73 Å². The van der Waals surface area contributed by atoms with E-state index in [1.165, 1.54) is 30.3 Å². The van der Waals surface area contributed by atoms with Crippen LogP contribution in [-0.4, -0.2) is 25.8 Å². The lowest BCUT2D eigenvalue weighted by Gasteiger charge is -2.26. The number of aryl methyl sites for hydroxylation is 2. The van der Waals surface area contributed by atoms with Crippen molar-refractivity contribution in [3.63, 3.8) is 0 Å². The van der Waals surface area contributed by atoms with E-state index >= 15 is 0 Å². The van der Waals surface area contributed by atoms with Gasteiger partial charge in [-0.15, -0.1) is 0 Å². The molecule has 0 bridgehead atoms. The van der Waals surface area contributed by atoms with Crippen molar-refractivity contribution in [2.45, 2.75) is 38.7 Å². The number of hydrogen-bond acceptors (Lipinski definition) is 6. The Labute approximate surface area is 211 Å². The predicted octanol–water partition coefficient (Wildman–Crippen LogP) is 5.38. The third-order valence-corrected chi connectivity index (χ3v) is 6.31. The van der Waals surface area contributed by atoms with Crippen LogP contribution in [0.3, 0.4) is 0 Å². The Hall–Kier alpha value is -4.34. The highest BCUT2D eigenvalue weighted by molar-refractivity contribution is 6.03. The van der Waals surface area contributed by atoms with Crippen molar-refractivity contribution < 1.29 is 18.0 Å². The van der Waals surface area contributed by atoms with Crippen molar-refractivity contribution in [3.8, 4) is 22.4 Å². The number of carbonyl (C=O) groups excluding carboxylic acids is 1.